The van der Waals surface area contributed by atoms with E-state index in [0.29, 0.717) is 41.9 Å². The molecule has 5 heterocycles. The summed E-state index contributed by atoms with van der Waals surface area (Å²) in [6, 6.07) is 49.3. The van der Waals surface area contributed by atoms with Crippen LogP contribution in [0.25, 0.3) is 33.0 Å². The number of methoxy groups -OCH3 is 2. The van der Waals surface area contributed by atoms with Gasteiger partial charge in [-0.25, -0.2) is 27.9 Å². The lowest BCUT2D eigenvalue weighted by atomic mass is 9.94. The average Bonchev–Trinajstić information content (AvgIpc) is 3.46. The van der Waals surface area contributed by atoms with Crippen LogP contribution in [0.3, 0.4) is 0 Å². The highest BCUT2D eigenvalue weighted by Crippen LogP contribution is 2.30. The predicted octanol–water partition coefficient (Wildman–Crippen LogP) is 10.3. The summed E-state index contributed by atoms with van der Waals surface area (Å²) in [7, 11) is 2.62. The topological polar surface area (TPSA) is 130 Å². The lowest BCUT2D eigenvalue weighted by Gasteiger charge is -2.27. The molecule has 0 unspecified atom stereocenters. The summed E-state index contributed by atoms with van der Waals surface area (Å²) in [5.41, 5.74) is 10.9. The molecule has 5 aromatic carbocycles. The van der Waals surface area contributed by atoms with E-state index in [2.05, 4.69) is 122 Å². The number of pyridine rings is 4. The first-order valence-electron chi connectivity index (χ1n) is 25.4. The number of carbonyl (C=O) groups excluding carboxylic acids is 4. The van der Waals surface area contributed by atoms with Crippen LogP contribution in [0, 0.1) is 0 Å². The minimum atomic E-state index is -0.518. The monoisotopic (exact) mass is 1010 g/mol. The molecule has 76 heavy (non-hydrogen) atoms. The maximum absolute atomic E-state index is 13.2. The van der Waals surface area contributed by atoms with Crippen LogP contribution in [-0.2, 0) is 35.7 Å². The van der Waals surface area contributed by atoms with E-state index in [1.807, 2.05) is 89.8 Å². The zero-order valence-electron chi connectivity index (χ0n) is 42.5. The second-order valence-electron chi connectivity index (χ2n) is 18.9. The third kappa shape index (κ3) is 11.8. The number of aromatic nitrogens is 4. The fourth-order valence-corrected chi connectivity index (χ4v) is 9.60. The van der Waals surface area contributed by atoms with E-state index in [9.17, 15) is 19.2 Å². The standard InChI is InChI=1S/C63H57N7O6/c1-75-62(73)53-39-47(40-54(41-53)63(74)76-2)44-69-37-27-51(28-38-69)50-25-35-68(36-26-50)43-46-15-19-56(20-16-46)65-64-55-17-13-45(14-18-55)42-67-33-23-49(24-34-67)48-21-31-66(32-22-48)29-5-3-4-6-30-70-60(71)57-11-7-9-52-10-8-12-58(59(52)57)61(70)72/h7-28,31-41H,3-6,29-30,42-44H2,1-2H3/q+4. The van der Waals surface area contributed by atoms with Crippen molar-refractivity contribution in [3.8, 4) is 22.3 Å². The van der Waals surface area contributed by atoms with Crippen molar-refractivity contribution in [2.75, 3.05) is 20.8 Å². The maximum Gasteiger partial charge on any atom is 0.337 e. The second-order valence-corrected chi connectivity index (χ2v) is 18.9. The summed E-state index contributed by atoms with van der Waals surface area (Å²) in [6.45, 7) is 3.23. The van der Waals surface area contributed by atoms with Crippen molar-refractivity contribution in [3.05, 3.63) is 240 Å². The Kier molecular flexibility index (Phi) is 15.3. The van der Waals surface area contributed by atoms with Crippen LogP contribution < -0.4 is 18.3 Å². The molecule has 0 radical (unpaired) electrons. The number of rotatable bonds is 19. The second kappa shape index (κ2) is 23.2. The third-order valence-electron chi connectivity index (χ3n) is 13.7. The van der Waals surface area contributed by atoms with Crippen LogP contribution in [-0.4, -0.2) is 49.4 Å². The molecule has 13 nitrogen and oxygen atoms in total. The van der Waals surface area contributed by atoms with Gasteiger partial charge in [-0.15, -0.1) is 0 Å². The van der Waals surface area contributed by atoms with E-state index < -0.39 is 11.9 Å². The number of imide groups is 1. The van der Waals surface area contributed by atoms with Gasteiger partial charge in [-0.1, -0.05) is 55.0 Å². The molecule has 0 bridgehead atoms. The highest BCUT2D eigenvalue weighted by atomic mass is 16.5. The number of hydrogen-bond donors (Lipinski definition) is 0. The van der Waals surface area contributed by atoms with Gasteiger partial charge in [-0.05, 0) is 95.1 Å². The number of ether oxygens (including phenoxy) is 2. The molecule has 2 amide bonds. The Hall–Kier alpha value is -9.36. The number of esters is 2. The van der Waals surface area contributed by atoms with Crippen LogP contribution in [0.5, 0.6) is 0 Å². The molecule has 1 aliphatic rings. The minimum Gasteiger partial charge on any atom is -0.465 e. The van der Waals surface area contributed by atoms with Gasteiger partial charge in [-0.2, -0.15) is 10.2 Å². The van der Waals surface area contributed by atoms with Crippen molar-refractivity contribution < 1.29 is 46.9 Å². The number of nitrogens with zero attached hydrogens (tertiary/aromatic N) is 7. The van der Waals surface area contributed by atoms with Gasteiger partial charge in [0.15, 0.2) is 69.2 Å². The summed E-state index contributed by atoms with van der Waals surface area (Å²) in [5.74, 6) is -1.42. The van der Waals surface area contributed by atoms with Crippen molar-refractivity contribution in [2.45, 2.75) is 51.9 Å². The van der Waals surface area contributed by atoms with E-state index in [4.69, 9.17) is 9.47 Å². The molecule has 4 aromatic heterocycles. The first-order chi connectivity index (χ1) is 37.2. The van der Waals surface area contributed by atoms with E-state index >= 15 is 0 Å². The van der Waals surface area contributed by atoms with Crippen LogP contribution in [0.2, 0.25) is 0 Å². The number of azo groups is 1. The minimum absolute atomic E-state index is 0.190. The Morgan fingerprint density at radius 2 is 0.842 bits per heavy atom. The van der Waals surface area contributed by atoms with Gasteiger partial charge >= 0.3 is 11.9 Å². The predicted molar refractivity (Wildman–Crippen MR) is 286 cm³/mol. The average molecular weight is 1010 g/mol. The highest BCUT2D eigenvalue weighted by molar-refractivity contribution is 6.25. The van der Waals surface area contributed by atoms with Crippen molar-refractivity contribution in [2.24, 2.45) is 10.2 Å². The summed E-state index contributed by atoms with van der Waals surface area (Å²) in [5, 5.41) is 10.7. The Morgan fingerprint density at radius 1 is 0.447 bits per heavy atom. The largest absolute Gasteiger partial charge is 0.465 e. The molecule has 1 aliphatic heterocycles. The summed E-state index contributed by atoms with van der Waals surface area (Å²) in [6.07, 6.45) is 20.3. The zero-order valence-corrected chi connectivity index (χ0v) is 42.5. The van der Waals surface area contributed by atoms with E-state index in [1.165, 1.54) is 25.2 Å². The highest BCUT2D eigenvalue weighted by Gasteiger charge is 2.32. The molecular weight excluding hydrogens is 951 g/mol. The number of benzene rings is 5. The number of hydrogen-bond acceptors (Lipinski definition) is 8. The summed E-state index contributed by atoms with van der Waals surface area (Å²) in [4.78, 5) is 52.3. The Labute approximate surface area is 441 Å². The zero-order chi connectivity index (χ0) is 52.4. The van der Waals surface area contributed by atoms with Crippen LogP contribution in [0.1, 0.15) is 83.8 Å². The molecule has 0 saturated carbocycles. The first kappa shape index (κ1) is 50.2. The number of amides is 2. The Morgan fingerprint density at radius 3 is 1.26 bits per heavy atom. The summed E-state index contributed by atoms with van der Waals surface area (Å²) >= 11 is 0. The van der Waals surface area contributed by atoms with Crippen LogP contribution in [0.4, 0.5) is 11.4 Å². The van der Waals surface area contributed by atoms with Crippen LogP contribution in [0.15, 0.2) is 211 Å². The van der Waals surface area contributed by atoms with E-state index in [0.717, 1.165) is 99.9 Å². The molecule has 13 heteroatoms. The molecule has 376 valence electrons. The molecule has 0 spiro atoms. The Balaban J connectivity index is 0.643. The summed E-state index contributed by atoms with van der Waals surface area (Å²) < 4.78 is 18.2. The molecule has 0 saturated heterocycles. The quantitative estimate of drug-likeness (QED) is 0.0261. The lowest BCUT2D eigenvalue weighted by molar-refractivity contribution is -0.697. The smallest absolute Gasteiger partial charge is 0.337 e. The molecule has 0 N–H and O–H groups in total. The van der Waals surface area contributed by atoms with Gasteiger partial charge in [0.1, 0.15) is 6.54 Å². The van der Waals surface area contributed by atoms with Gasteiger partial charge in [-0.3, -0.25) is 14.5 Å². The van der Waals surface area contributed by atoms with E-state index in [-0.39, 0.29) is 11.8 Å². The normalized spacial score (nSPS) is 12.1. The van der Waals surface area contributed by atoms with Gasteiger partial charge in [0, 0.05) is 94.7 Å². The third-order valence-corrected chi connectivity index (χ3v) is 13.7. The van der Waals surface area contributed by atoms with Crippen molar-refractivity contribution in [3.63, 3.8) is 0 Å². The maximum atomic E-state index is 13.2. The number of carbonyl (C=O) groups is 4. The fraction of sp³-hybridized carbons (Fsp3) is 0.175. The van der Waals surface area contributed by atoms with Gasteiger partial charge in [0.05, 0.1) is 36.7 Å². The molecule has 0 fully saturated rings. The van der Waals surface area contributed by atoms with Crippen molar-refractivity contribution in [1.82, 2.24) is 4.90 Å². The first-order valence-corrected chi connectivity index (χ1v) is 25.4. The van der Waals surface area contributed by atoms with Crippen molar-refractivity contribution in [1.29, 1.82) is 0 Å². The number of unbranched alkanes of at least 4 members (excludes halogenated alkanes) is 3. The molecule has 10 rings (SSSR count). The van der Waals surface area contributed by atoms with Gasteiger partial charge in [0.2, 0.25) is 0 Å². The van der Waals surface area contributed by atoms with E-state index in [1.54, 1.807) is 12.1 Å². The molecule has 0 aliphatic carbocycles. The van der Waals surface area contributed by atoms with Crippen LogP contribution >= 0.6 is 0 Å². The molecular formula is C63H57N7O6+4. The molecule has 0 atom stereocenters. The fourth-order valence-electron chi connectivity index (χ4n) is 9.60. The van der Waals surface area contributed by atoms with Gasteiger partial charge < -0.3 is 9.47 Å². The van der Waals surface area contributed by atoms with Gasteiger partial charge in [0.25, 0.3) is 11.8 Å². The molecule has 9 aromatic rings. The Bertz CT molecular complexity index is 3500. The number of aryl methyl sites for hydroxylation is 1. The SMILES string of the molecule is COC(=O)c1cc(C[n+]2ccc(-c3cc[n+](Cc4ccc(N=Nc5ccc(C[n+]6ccc(-c7cc[n+](CCCCCCN8C(=O)c9cccc%10cccc(c9%10)C8=O)cc7)cc6)cc5)cc4)cc3)cc2)cc(C(=O)OC)c1. The van der Waals surface area contributed by atoms with Crippen molar-refractivity contribution >= 4 is 45.9 Å². The lowest BCUT2D eigenvalue weighted by Crippen LogP contribution is -2.40.